The molecule has 0 aromatic rings. The van der Waals surface area contributed by atoms with Crippen molar-refractivity contribution >= 4 is 5.91 Å². The van der Waals surface area contributed by atoms with Crippen molar-refractivity contribution in [1.82, 2.24) is 5.32 Å². The Bertz CT molecular complexity index is 126. The third-order valence-corrected chi connectivity index (χ3v) is 1.74. The average molecular weight is 173 g/mol. The van der Waals surface area contributed by atoms with E-state index in [0.29, 0.717) is 6.42 Å². The van der Waals surface area contributed by atoms with Crippen LogP contribution < -0.4 is 5.32 Å². The third kappa shape index (κ3) is 6.16. The number of rotatable bonds is 6. The van der Waals surface area contributed by atoms with Gasteiger partial charge in [-0.1, -0.05) is 20.3 Å². The van der Waals surface area contributed by atoms with E-state index in [-0.39, 0.29) is 12.3 Å². The summed E-state index contributed by atoms with van der Waals surface area (Å²) in [7, 11) is 0. The van der Waals surface area contributed by atoms with Crippen LogP contribution in [0.4, 0.5) is 0 Å². The molecule has 0 radical (unpaired) electrons. The molecule has 0 aromatic heterocycles. The lowest BCUT2D eigenvalue weighted by molar-refractivity contribution is -0.123. The molecular formula is C9H19NO2. The van der Waals surface area contributed by atoms with Gasteiger partial charge in [0.2, 0.25) is 5.91 Å². The van der Waals surface area contributed by atoms with Crippen LogP contribution in [0.25, 0.3) is 0 Å². The van der Waals surface area contributed by atoms with Gasteiger partial charge in [0.1, 0.15) is 0 Å². The van der Waals surface area contributed by atoms with Gasteiger partial charge in [0.15, 0.2) is 0 Å². The topological polar surface area (TPSA) is 49.3 Å². The van der Waals surface area contributed by atoms with Gasteiger partial charge >= 0.3 is 0 Å². The monoisotopic (exact) mass is 173 g/mol. The molecule has 0 unspecified atom stereocenters. The van der Waals surface area contributed by atoms with Gasteiger partial charge in [0.25, 0.3) is 0 Å². The standard InChI is InChI=1S/C9H19NO2/c1-3-5-6-10-9(12)7-8(11)4-2/h8,11H,3-7H2,1-2H3,(H,10,12)/t8-/m1/s1. The first-order valence-electron chi connectivity index (χ1n) is 4.65. The van der Waals surface area contributed by atoms with E-state index in [1.54, 1.807) is 0 Å². The van der Waals surface area contributed by atoms with Crippen LogP contribution in [-0.2, 0) is 4.79 Å². The molecule has 0 aliphatic rings. The number of carbonyl (C=O) groups excluding carboxylic acids is 1. The molecule has 72 valence electrons. The molecule has 3 nitrogen and oxygen atoms in total. The van der Waals surface area contributed by atoms with E-state index < -0.39 is 6.10 Å². The summed E-state index contributed by atoms with van der Waals surface area (Å²) >= 11 is 0. The van der Waals surface area contributed by atoms with E-state index in [4.69, 9.17) is 5.11 Å². The van der Waals surface area contributed by atoms with Gasteiger partial charge in [0.05, 0.1) is 12.5 Å². The third-order valence-electron chi connectivity index (χ3n) is 1.74. The van der Waals surface area contributed by atoms with Gasteiger partial charge in [0, 0.05) is 6.54 Å². The number of aliphatic hydroxyl groups is 1. The second-order valence-electron chi connectivity index (χ2n) is 2.97. The molecule has 0 saturated heterocycles. The maximum atomic E-state index is 11.0. The molecule has 0 fully saturated rings. The van der Waals surface area contributed by atoms with E-state index in [1.807, 2.05) is 6.92 Å². The Morgan fingerprint density at radius 3 is 2.67 bits per heavy atom. The molecule has 0 heterocycles. The minimum absolute atomic E-state index is 0.0437. The van der Waals surface area contributed by atoms with Crippen molar-refractivity contribution in [2.45, 2.75) is 45.6 Å². The van der Waals surface area contributed by atoms with Gasteiger partial charge < -0.3 is 10.4 Å². The average Bonchev–Trinajstić information content (AvgIpc) is 2.05. The summed E-state index contributed by atoms with van der Waals surface area (Å²) < 4.78 is 0. The van der Waals surface area contributed by atoms with Crippen molar-refractivity contribution in [2.75, 3.05) is 6.54 Å². The Morgan fingerprint density at radius 1 is 1.50 bits per heavy atom. The zero-order valence-electron chi connectivity index (χ0n) is 7.97. The van der Waals surface area contributed by atoms with E-state index in [2.05, 4.69) is 12.2 Å². The molecule has 3 heteroatoms. The highest BCUT2D eigenvalue weighted by atomic mass is 16.3. The lowest BCUT2D eigenvalue weighted by atomic mass is 10.2. The first-order chi connectivity index (χ1) is 5.70. The summed E-state index contributed by atoms with van der Waals surface area (Å²) in [6.45, 7) is 4.67. The maximum Gasteiger partial charge on any atom is 0.222 e. The molecular weight excluding hydrogens is 154 g/mol. The minimum Gasteiger partial charge on any atom is -0.393 e. The SMILES string of the molecule is CCCCNC(=O)C[C@H](O)CC. The zero-order chi connectivity index (χ0) is 9.40. The van der Waals surface area contributed by atoms with E-state index in [1.165, 1.54) is 0 Å². The fraction of sp³-hybridized carbons (Fsp3) is 0.889. The van der Waals surface area contributed by atoms with Crippen LogP contribution in [0.15, 0.2) is 0 Å². The van der Waals surface area contributed by atoms with Crippen molar-refractivity contribution < 1.29 is 9.90 Å². The number of aliphatic hydroxyl groups excluding tert-OH is 1. The maximum absolute atomic E-state index is 11.0. The van der Waals surface area contributed by atoms with Crippen LogP contribution in [0.2, 0.25) is 0 Å². The van der Waals surface area contributed by atoms with Crippen molar-refractivity contribution in [3.63, 3.8) is 0 Å². The van der Waals surface area contributed by atoms with E-state index in [0.717, 1.165) is 19.4 Å². The summed E-state index contributed by atoms with van der Waals surface area (Å²) in [6, 6.07) is 0. The van der Waals surface area contributed by atoms with Crippen LogP contribution in [-0.4, -0.2) is 23.7 Å². The zero-order valence-corrected chi connectivity index (χ0v) is 7.97. The van der Waals surface area contributed by atoms with Crippen molar-refractivity contribution in [3.8, 4) is 0 Å². The van der Waals surface area contributed by atoms with Gasteiger partial charge in [-0.15, -0.1) is 0 Å². The van der Waals surface area contributed by atoms with Crippen LogP contribution in [0.1, 0.15) is 39.5 Å². The van der Waals surface area contributed by atoms with Crippen molar-refractivity contribution in [2.24, 2.45) is 0 Å². The summed E-state index contributed by atoms with van der Waals surface area (Å²) in [6.07, 6.45) is 2.48. The number of nitrogens with one attached hydrogen (secondary N) is 1. The second kappa shape index (κ2) is 7.10. The van der Waals surface area contributed by atoms with Crippen LogP contribution in [0.5, 0.6) is 0 Å². The second-order valence-corrected chi connectivity index (χ2v) is 2.97. The molecule has 0 saturated carbocycles. The molecule has 0 spiro atoms. The predicted octanol–water partition coefficient (Wildman–Crippen LogP) is 1.06. The largest absolute Gasteiger partial charge is 0.393 e. The van der Waals surface area contributed by atoms with E-state index in [9.17, 15) is 4.79 Å². The van der Waals surface area contributed by atoms with Crippen molar-refractivity contribution in [1.29, 1.82) is 0 Å². The first-order valence-corrected chi connectivity index (χ1v) is 4.65. The number of amides is 1. The fourth-order valence-corrected chi connectivity index (χ4v) is 0.835. The molecule has 0 aliphatic carbocycles. The molecule has 0 aliphatic heterocycles. The Balaban J connectivity index is 3.33. The van der Waals surface area contributed by atoms with Crippen LogP contribution in [0, 0.1) is 0 Å². The molecule has 0 bridgehead atoms. The van der Waals surface area contributed by atoms with Crippen molar-refractivity contribution in [3.05, 3.63) is 0 Å². The highest BCUT2D eigenvalue weighted by Gasteiger charge is 2.06. The normalized spacial score (nSPS) is 12.6. The smallest absolute Gasteiger partial charge is 0.222 e. The lowest BCUT2D eigenvalue weighted by Crippen LogP contribution is -2.27. The minimum atomic E-state index is -0.480. The summed E-state index contributed by atoms with van der Waals surface area (Å²) in [4.78, 5) is 11.0. The number of hydrogen-bond acceptors (Lipinski definition) is 2. The fourth-order valence-electron chi connectivity index (χ4n) is 0.835. The summed E-state index contributed by atoms with van der Waals surface area (Å²) in [5.41, 5.74) is 0. The Labute approximate surface area is 74.2 Å². The molecule has 2 N–H and O–H groups in total. The molecule has 1 atom stereocenters. The molecule has 1 amide bonds. The Hall–Kier alpha value is -0.570. The van der Waals surface area contributed by atoms with E-state index >= 15 is 0 Å². The quantitative estimate of drug-likeness (QED) is 0.590. The van der Waals surface area contributed by atoms with Crippen LogP contribution >= 0.6 is 0 Å². The molecule has 12 heavy (non-hydrogen) atoms. The number of hydrogen-bond donors (Lipinski definition) is 2. The number of unbranched alkanes of at least 4 members (excludes halogenated alkanes) is 1. The summed E-state index contributed by atoms with van der Waals surface area (Å²) in [5.74, 6) is -0.0437. The predicted molar refractivity (Wildman–Crippen MR) is 48.8 cm³/mol. The van der Waals surface area contributed by atoms with Gasteiger partial charge in [-0.2, -0.15) is 0 Å². The lowest BCUT2D eigenvalue weighted by Gasteiger charge is -2.07. The van der Waals surface area contributed by atoms with Crippen LogP contribution in [0.3, 0.4) is 0 Å². The number of carbonyl (C=O) groups is 1. The van der Waals surface area contributed by atoms with Gasteiger partial charge in [-0.25, -0.2) is 0 Å². The Morgan fingerprint density at radius 2 is 2.17 bits per heavy atom. The summed E-state index contributed by atoms with van der Waals surface area (Å²) in [5, 5.41) is 11.9. The molecule has 0 aromatic carbocycles. The molecule has 0 rings (SSSR count). The first kappa shape index (κ1) is 11.4. The highest BCUT2D eigenvalue weighted by molar-refractivity contribution is 5.76. The Kier molecular flexibility index (Phi) is 6.76. The highest BCUT2D eigenvalue weighted by Crippen LogP contribution is 1.95. The van der Waals surface area contributed by atoms with Gasteiger partial charge in [-0.3, -0.25) is 4.79 Å². The van der Waals surface area contributed by atoms with Gasteiger partial charge in [-0.05, 0) is 12.8 Å².